The van der Waals surface area contributed by atoms with E-state index in [2.05, 4.69) is 13.8 Å². The summed E-state index contributed by atoms with van der Waals surface area (Å²) in [7, 11) is 0. The molecule has 2 heterocycles. The summed E-state index contributed by atoms with van der Waals surface area (Å²) in [5, 5.41) is 1.16. The number of rotatable bonds is 5. The van der Waals surface area contributed by atoms with E-state index in [1.807, 2.05) is 18.2 Å². The Morgan fingerprint density at radius 3 is 2.55 bits per heavy atom. The topological polar surface area (TPSA) is 53.1 Å². The fraction of sp³-hybridized carbons (Fsp3) is 0.348. The minimum Gasteiger partial charge on any atom is -0.488 e. The van der Waals surface area contributed by atoms with Crippen LogP contribution in [0.25, 0.3) is 22.1 Å². The highest BCUT2D eigenvalue weighted by atomic mass is 35.5. The molecule has 0 spiro atoms. The van der Waals surface area contributed by atoms with Crippen molar-refractivity contribution in [2.75, 3.05) is 26.2 Å². The SMILES string of the molecule is C[C@H]1C[NH+](CCOc2ccc3c(=O)c(-c4ccc(Cl)cc4)coc3c2)C[C@H](C)O1. The molecule has 6 heteroatoms. The molecule has 3 aromatic rings. The van der Waals surface area contributed by atoms with E-state index in [4.69, 9.17) is 25.5 Å². The summed E-state index contributed by atoms with van der Waals surface area (Å²) in [5.74, 6) is 0.702. The lowest BCUT2D eigenvalue weighted by Crippen LogP contribution is -3.16. The molecule has 1 fully saturated rings. The first-order chi connectivity index (χ1) is 14.0. The Labute approximate surface area is 174 Å². The van der Waals surface area contributed by atoms with Gasteiger partial charge in [-0.05, 0) is 43.7 Å². The molecule has 0 aliphatic carbocycles. The van der Waals surface area contributed by atoms with Gasteiger partial charge in [0.15, 0.2) is 5.43 Å². The highest BCUT2D eigenvalue weighted by Gasteiger charge is 2.25. The molecule has 2 aromatic carbocycles. The average molecular weight is 415 g/mol. The van der Waals surface area contributed by atoms with Crippen LogP contribution >= 0.6 is 11.6 Å². The van der Waals surface area contributed by atoms with E-state index in [0.29, 0.717) is 33.9 Å². The number of benzene rings is 2. The molecule has 1 aliphatic rings. The molecule has 0 saturated carbocycles. The molecule has 152 valence electrons. The fourth-order valence-corrected chi connectivity index (χ4v) is 4.06. The smallest absolute Gasteiger partial charge is 0.200 e. The number of morpholine rings is 1. The first kappa shape index (κ1) is 20.0. The quantitative estimate of drug-likeness (QED) is 0.696. The van der Waals surface area contributed by atoms with Crippen molar-refractivity contribution < 1.29 is 18.8 Å². The lowest BCUT2D eigenvalue weighted by molar-refractivity contribution is -0.915. The van der Waals surface area contributed by atoms with Gasteiger partial charge in [-0.25, -0.2) is 0 Å². The Kier molecular flexibility index (Phi) is 5.90. The van der Waals surface area contributed by atoms with Crippen molar-refractivity contribution in [1.29, 1.82) is 0 Å². The van der Waals surface area contributed by atoms with Gasteiger partial charge in [-0.3, -0.25) is 4.79 Å². The third-order valence-electron chi connectivity index (χ3n) is 5.24. The van der Waals surface area contributed by atoms with E-state index in [-0.39, 0.29) is 17.6 Å². The minimum absolute atomic E-state index is 0.0686. The van der Waals surface area contributed by atoms with Crippen LogP contribution in [0.3, 0.4) is 0 Å². The van der Waals surface area contributed by atoms with Crippen LogP contribution in [-0.4, -0.2) is 38.4 Å². The van der Waals surface area contributed by atoms with Gasteiger partial charge in [-0.1, -0.05) is 23.7 Å². The molecule has 1 aliphatic heterocycles. The van der Waals surface area contributed by atoms with E-state index >= 15 is 0 Å². The van der Waals surface area contributed by atoms with Gasteiger partial charge >= 0.3 is 0 Å². The average Bonchev–Trinajstić information content (AvgIpc) is 2.68. The van der Waals surface area contributed by atoms with Crippen LogP contribution in [0.15, 0.2) is 57.9 Å². The standard InChI is InChI=1S/C23H24ClNO4/c1-15-12-25(13-16(2)29-15)9-10-27-19-7-8-20-22(11-19)28-14-21(23(20)26)17-3-5-18(24)6-4-17/h3-8,11,14-16H,9-10,12-13H2,1-2H3/p+1/t15-,16-/m0/s1. The van der Waals surface area contributed by atoms with Gasteiger partial charge in [-0.2, -0.15) is 0 Å². The highest BCUT2D eigenvalue weighted by Crippen LogP contribution is 2.24. The van der Waals surface area contributed by atoms with Crippen molar-refractivity contribution in [2.45, 2.75) is 26.1 Å². The number of hydrogen-bond acceptors (Lipinski definition) is 4. The second-order valence-corrected chi connectivity index (χ2v) is 8.09. The van der Waals surface area contributed by atoms with Gasteiger partial charge < -0.3 is 18.8 Å². The second kappa shape index (κ2) is 8.57. The molecule has 0 unspecified atom stereocenters. The number of quaternary nitrogens is 1. The van der Waals surface area contributed by atoms with Crippen molar-refractivity contribution in [3.8, 4) is 16.9 Å². The minimum atomic E-state index is -0.0686. The van der Waals surface area contributed by atoms with Gasteiger partial charge in [-0.15, -0.1) is 0 Å². The zero-order chi connectivity index (χ0) is 20.4. The van der Waals surface area contributed by atoms with Crippen molar-refractivity contribution in [3.05, 3.63) is 64.0 Å². The van der Waals surface area contributed by atoms with Crippen LogP contribution in [0.5, 0.6) is 5.75 Å². The lowest BCUT2D eigenvalue weighted by atomic mass is 10.1. The Balaban J connectivity index is 1.46. The number of halogens is 1. The summed E-state index contributed by atoms with van der Waals surface area (Å²) in [6.45, 7) is 7.73. The van der Waals surface area contributed by atoms with E-state index < -0.39 is 0 Å². The molecular formula is C23H25ClNO4+. The Bertz CT molecular complexity index is 1040. The number of hydrogen-bond donors (Lipinski definition) is 1. The second-order valence-electron chi connectivity index (χ2n) is 7.66. The van der Waals surface area contributed by atoms with Gasteiger partial charge in [0.25, 0.3) is 0 Å². The predicted molar refractivity (Wildman–Crippen MR) is 114 cm³/mol. The number of nitrogens with one attached hydrogen (secondary N) is 1. The maximum Gasteiger partial charge on any atom is 0.200 e. The molecular weight excluding hydrogens is 390 g/mol. The highest BCUT2D eigenvalue weighted by molar-refractivity contribution is 6.30. The Hall–Kier alpha value is -2.34. The molecule has 2 atom stereocenters. The van der Waals surface area contributed by atoms with E-state index in [1.54, 1.807) is 24.3 Å². The summed E-state index contributed by atoms with van der Waals surface area (Å²) in [6, 6.07) is 12.5. The molecule has 1 N–H and O–H groups in total. The van der Waals surface area contributed by atoms with E-state index in [0.717, 1.165) is 25.2 Å². The van der Waals surface area contributed by atoms with E-state index in [9.17, 15) is 4.79 Å². The zero-order valence-electron chi connectivity index (χ0n) is 16.6. The van der Waals surface area contributed by atoms with Crippen LogP contribution < -0.4 is 15.1 Å². The first-order valence-electron chi connectivity index (χ1n) is 9.93. The largest absolute Gasteiger partial charge is 0.488 e. The predicted octanol–water partition coefficient (Wildman–Crippen LogP) is 3.18. The fourth-order valence-electron chi connectivity index (χ4n) is 3.93. The van der Waals surface area contributed by atoms with Crippen molar-refractivity contribution in [2.24, 2.45) is 0 Å². The zero-order valence-corrected chi connectivity index (χ0v) is 17.4. The Morgan fingerprint density at radius 1 is 1.10 bits per heavy atom. The summed E-state index contributed by atoms with van der Waals surface area (Å²) in [6.07, 6.45) is 2.05. The number of fused-ring (bicyclic) bond motifs is 1. The summed E-state index contributed by atoms with van der Waals surface area (Å²) in [5.41, 5.74) is 1.75. The van der Waals surface area contributed by atoms with Crippen molar-refractivity contribution >= 4 is 22.6 Å². The lowest BCUT2D eigenvalue weighted by Gasteiger charge is -2.32. The molecule has 0 bridgehead atoms. The number of ether oxygens (including phenoxy) is 2. The van der Waals surface area contributed by atoms with Gasteiger partial charge in [0, 0.05) is 11.1 Å². The molecule has 29 heavy (non-hydrogen) atoms. The van der Waals surface area contributed by atoms with Crippen LogP contribution in [0.1, 0.15) is 13.8 Å². The molecule has 1 saturated heterocycles. The third-order valence-corrected chi connectivity index (χ3v) is 5.49. The van der Waals surface area contributed by atoms with Gasteiger partial charge in [0.2, 0.25) is 0 Å². The summed E-state index contributed by atoms with van der Waals surface area (Å²) in [4.78, 5) is 14.3. The van der Waals surface area contributed by atoms with Crippen molar-refractivity contribution in [3.63, 3.8) is 0 Å². The maximum absolute atomic E-state index is 12.9. The maximum atomic E-state index is 12.9. The molecule has 0 amide bonds. The molecule has 1 aromatic heterocycles. The van der Waals surface area contributed by atoms with Crippen LogP contribution in [-0.2, 0) is 4.74 Å². The summed E-state index contributed by atoms with van der Waals surface area (Å²) < 4.78 is 17.4. The third kappa shape index (κ3) is 4.64. The monoisotopic (exact) mass is 414 g/mol. The van der Waals surface area contributed by atoms with Gasteiger partial charge in [0.05, 0.1) is 10.9 Å². The Morgan fingerprint density at radius 2 is 1.83 bits per heavy atom. The normalized spacial score (nSPS) is 22.0. The first-order valence-corrected chi connectivity index (χ1v) is 10.3. The van der Waals surface area contributed by atoms with E-state index in [1.165, 1.54) is 11.2 Å². The summed E-state index contributed by atoms with van der Waals surface area (Å²) >= 11 is 5.93. The molecule has 0 radical (unpaired) electrons. The van der Waals surface area contributed by atoms with Crippen LogP contribution in [0.2, 0.25) is 5.02 Å². The van der Waals surface area contributed by atoms with Crippen LogP contribution in [0.4, 0.5) is 0 Å². The van der Waals surface area contributed by atoms with Crippen LogP contribution in [0, 0.1) is 0 Å². The molecule has 5 nitrogen and oxygen atoms in total. The molecule has 4 rings (SSSR count). The van der Waals surface area contributed by atoms with Gasteiger partial charge in [0.1, 0.15) is 56.0 Å². The van der Waals surface area contributed by atoms with Crippen molar-refractivity contribution in [1.82, 2.24) is 0 Å².